The average Bonchev–Trinajstić information content (AvgIpc) is 3.11. The van der Waals surface area contributed by atoms with Gasteiger partial charge in [-0.05, 0) is 67.8 Å². The van der Waals surface area contributed by atoms with E-state index in [0.29, 0.717) is 23.7 Å². The molecule has 0 bridgehead atoms. The summed E-state index contributed by atoms with van der Waals surface area (Å²) in [4.78, 5) is 27.6. The van der Waals surface area contributed by atoms with Crippen molar-refractivity contribution in [1.82, 2.24) is 0 Å². The van der Waals surface area contributed by atoms with Crippen LogP contribution in [0.4, 0.5) is 14.5 Å². The van der Waals surface area contributed by atoms with Crippen LogP contribution in [0.3, 0.4) is 0 Å². The van der Waals surface area contributed by atoms with Crippen molar-refractivity contribution in [2.24, 2.45) is 0 Å². The van der Waals surface area contributed by atoms with E-state index in [2.05, 4.69) is 0 Å². The monoisotopic (exact) mass is 493 g/mol. The van der Waals surface area contributed by atoms with E-state index >= 15 is 0 Å². The van der Waals surface area contributed by atoms with Crippen LogP contribution < -0.4 is 14.4 Å². The first kappa shape index (κ1) is 24.9. The molecule has 36 heavy (non-hydrogen) atoms. The van der Waals surface area contributed by atoms with E-state index in [1.165, 1.54) is 13.2 Å². The number of aliphatic hydroxyl groups excluding tert-OH is 1. The molecule has 1 unspecified atom stereocenters. The molecule has 1 aliphatic heterocycles. The fraction of sp³-hybridized carbons (Fsp3) is 0.214. The van der Waals surface area contributed by atoms with Gasteiger partial charge in [-0.1, -0.05) is 18.2 Å². The molecule has 0 saturated carbocycles. The summed E-state index contributed by atoms with van der Waals surface area (Å²) >= 11 is 0. The third kappa shape index (κ3) is 4.30. The molecule has 3 aromatic carbocycles. The predicted molar refractivity (Wildman–Crippen MR) is 131 cm³/mol. The molecule has 1 atom stereocenters. The zero-order chi connectivity index (χ0) is 26.1. The fourth-order valence-electron chi connectivity index (χ4n) is 4.51. The van der Waals surface area contributed by atoms with Crippen molar-refractivity contribution in [2.45, 2.75) is 26.8 Å². The lowest BCUT2D eigenvalue weighted by Gasteiger charge is -2.26. The summed E-state index contributed by atoms with van der Waals surface area (Å²) in [6.07, 6.45) is 0. The number of aliphatic hydroxyl groups is 1. The van der Waals surface area contributed by atoms with Gasteiger partial charge in [0.1, 0.15) is 17.3 Å². The van der Waals surface area contributed by atoms with Gasteiger partial charge >= 0.3 is 0 Å². The van der Waals surface area contributed by atoms with Gasteiger partial charge in [0.2, 0.25) is 0 Å². The number of hydrogen-bond donors (Lipinski definition) is 1. The predicted octanol–water partition coefficient (Wildman–Crippen LogP) is 5.62. The van der Waals surface area contributed by atoms with Gasteiger partial charge in [0, 0.05) is 11.8 Å². The smallest absolute Gasteiger partial charge is 0.300 e. The molecule has 1 aliphatic rings. The van der Waals surface area contributed by atoms with Gasteiger partial charge in [0.25, 0.3) is 11.7 Å². The number of carbonyl (C=O) groups excluding carboxylic acids is 2. The maximum Gasteiger partial charge on any atom is 0.300 e. The Balaban J connectivity index is 1.98. The molecular formula is C28H25F2NO5. The second kappa shape index (κ2) is 9.81. The van der Waals surface area contributed by atoms with Gasteiger partial charge in [-0.3, -0.25) is 14.5 Å². The molecule has 8 heteroatoms. The van der Waals surface area contributed by atoms with Gasteiger partial charge in [0.05, 0.1) is 30.9 Å². The molecule has 1 N–H and O–H groups in total. The summed E-state index contributed by atoms with van der Waals surface area (Å²) in [7, 11) is 1.44. The number of Topliss-reactive ketones (excluding diaryl/α,β-unsaturated/α-hetero) is 1. The molecule has 1 fully saturated rings. The highest BCUT2D eigenvalue weighted by Crippen LogP contribution is 2.44. The lowest BCUT2D eigenvalue weighted by molar-refractivity contribution is -0.132. The summed E-state index contributed by atoms with van der Waals surface area (Å²) in [5.74, 6) is -3.71. The Hall–Kier alpha value is -4.20. The van der Waals surface area contributed by atoms with Crippen LogP contribution in [0.15, 0.2) is 60.2 Å². The molecular weight excluding hydrogens is 468 g/mol. The van der Waals surface area contributed by atoms with E-state index in [4.69, 9.17) is 9.47 Å². The number of nitrogens with zero attached hydrogens (tertiary/aromatic N) is 1. The van der Waals surface area contributed by atoms with Crippen LogP contribution in [0.5, 0.6) is 11.5 Å². The van der Waals surface area contributed by atoms with Gasteiger partial charge in [0.15, 0.2) is 11.6 Å². The third-order valence-electron chi connectivity index (χ3n) is 6.01. The van der Waals surface area contributed by atoms with Crippen molar-refractivity contribution in [3.05, 3.63) is 94.1 Å². The van der Waals surface area contributed by atoms with Crippen LogP contribution in [0.25, 0.3) is 5.76 Å². The van der Waals surface area contributed by atoms with E-state index in [0.717, 1.165) is 28.2 Å². The summed E-state index contributed by atoms with van der Waals surface area (Å²) in [5, 5.41) is 11.4. The van der Waals surface area contributed by atoms with Crippen LogP contribution in [-0.4, -0.2) is 30.5 Å². The topological polar surface area (TPSA) is 76.1 Å². The summed E-state index contributed by atoms with van der Waals surface area (Å²) in [6, 6.07) is 12.0. The van der Waals surface area contributed by atoms with E-state index in [-0.39, 0.29) is 16.8 Å². The second-order valence-corrected chi connectivity index (χ2v) is 8.43. The molecule has 1 heterocycles. The summed E-state index contributed by atoms with van der Waals surface area (Å²) in [6.45, 7) is 5.90. The van der Waals surface area contributed by atoms with Crippen molar-refractivity contribution in [1.29, 1.82) is 0 Å². The van der Waals surface area contributed by atoms with E-state index in [9.17, 15) is 23.5 Å². The Morgan fingerprint density at radius 1 is 1.00 bits per heavy atom. The zero-order valence-electron chi connectivity index (χ0n) is 20.3. The zero-order valence-corrected chi connectivity index (χ0v) is 20.3. The number of amides is 1. The van der Waals surface area contributed by atoms with E-state index in [1.54, 1.807) is 37.3 Å². The number of ether oxygens (including phenoxy) is 2. The minimum Gasteiger partial charge on any atom is -0.507 e. The Morgan fingerprint density at radius 2 is 1.69 bits per heavy atom. The highest BCUT2D eigenvalue weighted by molar-refractivity contribution is 6.51. The minimum atomic E-state index is -1.17. The van der Waals surface area contributed by atoms with Crippen molar-refractivity contribution in [3.63, 3.8) is 0 Å². The number of hydrogen-bond acceptors (Lipinski definition) is 5. The van der Waals surface area contributed by atoms with Crippen molar-refractivity contribution < 1.29 is 33.0 Å². The number of aryl methyl sites for hydroxylation is 2. The second-order valence-electron chi connectivity index (χ2n) is 8.43. The largest absolute Gasteiger partial charge is 0.507 e. The Kier molecular flexibility index (Phi) is 6.79. The van der Waals surface area contributed by atoms with Gasteiger partial charge < -0.3 is 14.6 Å². The van der Waals surface area contributed by atoms with Crippen LogP contribution in [-0.2, 0) is 9.59 Å². The maximum absolute atomic E-state index is 14.1. The molecule has 186 valence electrons. The highest BCUT2D eigenvalue weighted by atomic mass is 19.2. The maximum atomic E-state index is 14.1. The quantitative estimate of drug-likeness (QED) is 0.274. The van der Waals surface area contributed by atoms with Crippen molar-refractivity contribution >= 4 is 23.1 Å². The van der Waals surface area contributed by atoms with Crippen LogP contribution in [0.2, 0.25) is 0 Å². The Bertz CT molecular complexity index is 1380. The van der Waals surface area contributed by atoms with Gasteiger partial charge in [-0.2, -0.15) is 0 Å². The number of methoxy groups -OCH3 is 1. The Morgan fingerprint density at radius 3 is 2.31 bits per heavy atom. The van der Waals surface area contributed by atoms with Crippen LogP contribution >= 0.6 is 0 Å². The van der Waals surface area contributed by atoms with Crippen LogP contribution in [0.1, 0.15) is 35.2 Å². The molecule has 1 amide bonds. The molecule has 0 aliphatic carbocycles. The van der Waals surface area contributed by atoms with E-state index in [1.807, 2.05) is 19.9 Å². The molecule has 4 rings (SSSR count). The number of benzene rings is 3. The average molecular weight is 494 g/mol. The molecule has 6 nitrogen and oxygen atoms in total. The number of ketones is 1. The van der Waals surface area contributed by atoms with Gasteiger partial charge in [-0.25, -0.2) is 8.78 Å². The fourth-order valence-corrected chi connectivity index (χ4v) is 4.51. The molecule has 0 aromatic heterocycles. The van der Waals surface area contributed by atoms with Crippen molar-refractivity contribution in [3.8, 4) is 11.5 Å². The first-order valence-corrected chi connectivity index (χ1v) is 11.3. The normalized spacial score (nSPS) is 16.9. The number of carbonyl (C=O) groups is 2. The van der Waals surface area contributed by atoms with Crippen LogP contribution in [0, 0.1) is 25.5 Å². The molecule has 1 saturated heterocycles. The summed E-state index contributed by atoms with van der Waals surface area (Å²) < 4.78 is 38.8. The first-order valence-electron chi connectivity index (χ1n) is 11.3. The lowest BCUT2D eigenvalue weighted by atomic mass is 9.93. The summed E-state index contributed by atoms with van der Waals surface area (Å²) in [5.41, 5.74) is 2.02. The first-order chi connectivity index (χ1) is 17.2. The number of anilines is 1. The SMILES string of the molecule is CCOc1ccc(C2/C(=C(\O)c3cc(C)cc(C)c3OC)C(=O)C(=O)N2c2ccc(F)c(F)c2)cc1. The lowest BCUT2D eigenvalue weighted by Crippen LogP contribution is -2.29. The Labute approximate surface area is 207 Å². The molecule has 0 radical (unpaired) electrons. The highest BCUT2D eigenvalue weighted by Gasteiger charge is 2.47. The van der Waals surface area contributed by atoms with Crippen molar-refractivity contribution in [2.75, 3.05) is 18.6 Å². The van der Waals surface area contributed by atoms with E-state index < -0.39 is 35.1 Å². The molecule has 3 aromatic rings. The number of rotatable bonds is 6. The van der Waals surface area contributed by atoms with Gasteiger partial charge in [-0.15, -0.1) is 0 Å². The number of halogens is 2. The molecule has 0 spiro atoms. The third-order valence-corrected chi connectivity index (χ3v) is 6.01. The standard InChI is InChI=1S/C28H25F2NO5/c1-5-36-19-9-6-17(7-10-19)24-23(25(32)20-13-15(2)12-16(3)27(20)35-4)26(33)28(34)31(24)18-8-11-21(29)22(30)14-18/h6-14,24,32H,5H2,1-4H3/b25-23+. The minimum absolute atomic E-state index is 0.0266.